The van der Waals surface area contributed by atoms with Crippen LogP contribution in [0.15, 0.2) is 54.7 Å². The number of carboxylic acids is 1. The van der Waals surface area contributed by atoms with Crippen LogP contribution in [0.4, 0.5) is 19.7 Å². The number of rotatable bonds is 6. The van der Waals surface area contributed by atoms with Crippen LogP contribution < -0.4 is 11.1 Å². The van der Waals surface area contributed by atoms with Gasteiger partial charge in [-0.3, -0.25) is 14.2 Å². The fraction of sp³-hybridized carbons (Fsp3) is 0.250. The molecule has 2 aromatic carbocycles. The van der Waals surface area contributed by atoms with E-state index in [1.54, 1.807) is 42.5 Å². The maximum atomic E-state index is 14.3. The van der Waals surface area contributed by atoms with Crippen LogP contribution in [0, 0.1) is 0 Å². The minimum Gasteiger partial charge on any atom is -0.481 e. The van der Waals surface area contributed by atoms with Gasteiger partial charge in [0.1, 0.15) is 6.17 Å². The van der Waals surface area contributed by atoms with Crippen molar-refractivity contribution in [2.75, 3.05) is 11.9 Å². The normalized spacial score (nSPS) is 18.4. The molecule has 1 aliphatic rings. The number of ketones is 1. The van der Waals surface area contributed by atoms with Crippen molar-refractivity contribution in [2.24, 2.45) is 5.73 Å². The number of hydrogen-bond donors (Lipinski definition) is 3. The number of aliphatic carboxylic acids is 1. The zero-order valence-corrected chi connectivity index (χ0v) is 19.1. The third-order valence-electron chi connectivity index (χ3n) is 6.03. The number of benzene rings is 2. The topological polar surface area (TPSA) is 135 Å². The van der Waals surface area contributed by atoms with E-state index in [4.69, 9.17) is 17.3 Å². The molecule has 4 rings (SSSR count). The third kappa shape index (κ3) is 4.97. The molecule has 2 heterocycles. The Balaban J connectivity index is 1.55. The van der Waals surface area contributed by atoms with Crippen molar-refractivity contribution in [3.63, 3.8) is 0 Å². The molecule has 1 fully saturated rings. The van der Waals surface area contributed by atoms with Gasteiger partial charge in [-0.25, -0.2) is 14.0 Å². The first-order chi connectivity index (χ1) is 16.7. The summed E-state index contributed by atoms with van der Waals surface area (Å²) in [6, 6.07) is 10.3. The van der Waals surface area contributed by atoms with E-state index in [0.717, 1.165) is 9.47 Å². The molecular weight excluding hydrogens is 479 g/mol. The number of aromatic nitrogens is 1. The second-order valence-electron chi connectivity index (χ2n) is 8.32. The summed E-state index contributed by atoms with van der Waals surface area (Å²) >= 11 is 5.96. The van der Waals surface area contributed by atoms with Crippen LogP contribution >= 0.6 is 11.6 Å². The van der Waals surface area contributed by atoms with Crippen LogP contribution in [0.25, 0.3) is 10.9 Å². The monoisotopic (exact) mass is 500 g/mol. The number of carbonyl (C=O) groups excluding carboxylic acids is 3. The predicted molar refractivity (Wildman–Crippen MR) is 127 cm³/mol. The van der Waals surface area contributed by atoms with Gasteiger partial charge in [-0.15, -0.1) is 0 Å². The SMILES string of the molecule is NC(=O)n1cc(NC(=O)N2C[C@H](F)C[C@H]2C(=O)CC(C(=O)O)c2cccc(Cl)c2)c2ccccc21. The lowest BCUT2D eigenvalue weighted by molar-refractivity contribution is -0.141. The molecule has 1 saturated heterocycles. The summed E-state index contributed by atoms with van der Waals surface area (Å²) < 4.78 is 15.5. The quantitative estimate of drug-likeness (QED) is 0.470. The molecular formula is C24H22ClFN4O5. The summed E-state index contributed by atoms with van der Waals surface area (Å²) in [5.74, 6) is -3.00. The van der Waals surface area contributed by atoms with Gasteiger partial charge in [-0.1, -0.05) is 41.9 Å². The molecule has 0 bridgehead atoms. The first-order valence-electron chi connectivity index (χ1n) is 10.8. The second-order valence-corrected chi connectivity index (χ2v) is 8.75. The number of carboxylic acid groups (broad SMARTS) is 1. The van der Waals surface area contributed by atoms with E-state index in [9.17, 15) is 28.7 Å². The zero-order valence-electron chi connectivity index (χ0n) is 18.4. The van der Waals surface area contributed by atoms with Crippen molar-refractivity contribution in [3.05, 3.63) is 65.3 Å². The number of likely N-dealkylation sites (tertiary alicyclic amines) is 1. The zero-order chi connectivity index (χ0) is 25.3. The number of primary amides is 1. The van der Waals surface area contributed by atoms with Gasteiger partial charge < -0.3 is 21.1 Å². The fourth-order valence-electron chi connectivity index (χ4n) is 4.37. The Bertz CT molecular complexity index is 1330. The van der Waals surface area contributed by atoms with Crippen molar-refractivity contribution < 1.29 is 28.7 Å². The number of carbonyl (C=O) groups is 4. The van der Waals surface area contributed by atoms with Crippen LogP contribution in [0.3, 0.4) is 0 Å². The summed E-state index contributed by atoms with van der Waals surface area (Å²) in [4.78, 5) is 50.8. The van der Waals surface area contributed by atoms with Gasteiger partial charge in [0.05, 0.1) is 29.7 Å². The molecule has 3 atom stereocenters. The largest absolute Gasteiger partial charge is 0.481 e. The van der Waals surface area contributed by atoms with Gasteiger partial charge in [0, 0.05) is 29.4 Å². The number of nitrogens with one attached hydrogen (secondary N) is 1. The van der Waals surface area contributed by atoms with Crippen molar-refractivity contribution >= 4 is 52.0 Å². The van der Waals surface area contributed by atoms with Crippen molar-refractivity contribution in [2.45, 2.75) is 31.0 Å². The number of nitrogens with two attached hydrogens (primary N) is 1. The fourth-order valence-corrected chi connectivity index (χ4v) is 4.57. The average molecular weight is 501 g/mol. The minimum absolute atomic E-state index is 0.239. The summed E-state index contributed by atoms with van der Waals surface area (Å²) in [6.07, 6.45) is -0.768. The first kappa shape index (κ1) is 24.2. The maximum absolute atomic E-state index is 14.3. The van der Waals surface area contributed by atoms with Crippen LogP contribution in [0.5, 0.6) is 0 Å². The molecule has 35 heavy (non-hydrogen) atoms. The summed E-state index contributed by atoms with van der Waals surface area (Å²) in [7, 11) is 0. The van der Waals surface area contributed by atoms with Gasteiger partial charge in [0.25, 0.3) is 0 Å². The Morgan fingerprint density at radius 2 is 1.91 bits per heavy atom. The molecule has 1 aliphatic heterocycles. The summed E-state index contributed by atoms with van der Waals surface area (Å²) in [5, 5.41) is 13.2. The second kappa shape index (κ2) is 9.75. The Hall–Kier alpha value is -3.92. The highest BCUT2D eigenvalue weighted by atomic mass is 35.5. The van der Waals surface area contributed by atoms with E-state index < -0.39 is 48.4 Å². The molecule has 11 heteroatoms. The number of nitrogens with zero attached hydrogens (tertiary/aromatic N) is 2. The van der Waals surface area contributed by atoms with Gasteiger partial charge >= 0.3 is 18.0 Å². The number of amides is 3. The summed E-state index contributed by atoms with van der Waals surface area (Å²) in [5.41, 5.74) is 6.48. The highest BCUT2D eigenvalue weighted by Gasteiger charge is 2.41. The van der Waals surface area contributed by atoms with E-state index in [0.29, 0.717) is 21.5 Å². The van der Waals surface area contributed by atoms with Crippen LogP contribution in [0.2, 0.25) is 5.02 Å². The number of Topliss-reactive ketones (excluding diaryl/α,β-unsaturated/α-hetero) is 1. The van der Waals surface area contributed by atoms with E-state index >= 15 is 0 Å². The first-order valence-corrected chi connectivity index (χ1v) is 11.2. The Morgan fingerprint density at radius 1 is 1.17 bits per heavy atom. The molecule has 0 spiro atoms. The molecule has 9 nitrogen and oxygen atoms in total. The minimum atomic E-state index is -1.45. The number of anilines is 1. The molecule has 0 radical (unpaired) electrons. The molecule has 0 saturated carbocycles. The number of halogens is 2. The molecule has 3 amide bonds. The number of hydrogen-bond acceptors (Lipinski definition) is 4. The highest BCUT2D eigenvalue weighted by Crippen LogP contribution is 2.30. The Labute approximate surface area is 204 Å². The Kier molecular flexibility index (Phi) is 6.74. The number of urea groups is 1. The van der Waals surface area contributed by atoms with E-state index in [1.165, 1.54) is 12.3 Å². The van der Waals surface area contributed by atoms with Crippen molar-refractivity contribution in [3.8, 4) is 0 Å². The lowest BCUT2D eigenvalue weighted by Gasteiger charge is -2.24. The molecule has 3 aromatic rings. The van der Waals surface area contributed by atoms with Crippen LogP contribution in [-0.2, 0) is 9.59 Å². The smallest absolute Gasteiger partial charge is 0.323 e. The maximum Gasteiger partial charge on any atom is 0.323 e. The van der Waals surface area contributed by atoms with Crippen molar-refractivity contribution in [1.82, 2.24) is 9.47 Å². The third-order valence-corrected chi connectivity index (χ3v) is 6.26. The summed E-state index contributed by atoms with van der Waals surface area (Å²) in [6.45, 7) is -0.328. The molecule has 1 aromatic heterocycles. The predicted octanol–water partition coefficient (Wildman–Crippen LogP) is 3.99. The van der Waals surface area contributed by atoms with Gasteiger partial charge in [-0.2, -0.15) is 0 Å². The molecule has 4 N–H and O–H groups in total. The number of alkyl halides is 1. The molecule has 1 unspecified atom stereocenters. The van der Waals surface area contributed by atoms with E-state index in [-0.39, 0.29) is 18.7 Å². The lowest BCUT2D eigenvalue weighted by Crippen LogP contribution is -2.43. The van der Waals surface area contributed by atoms with Gasteiger partial charge in [0.2, 0.25) is 0 Å². The van der Waals surface area contributed by atoms with Gasteiger partial charge in [0.15, 0.2) is 5.78 Å². The number of fused-ring (bicyclic) bond motifs is 1. The van der Waals surface area contributed by atoms with Crippen LogP contribution in [-0.4, -0.2) is 57.1 Å². The van der Waals surface area contributed by atoms with Crippen molar-refractivity contribution in [1.29, 1.82) is 0 Å². The Morgan fingerprint density at radius 3 is 2.60 bits per heavy atom. The van der Waals surface area contributed by atoms with E-state index in [1.807, 2.05) is 0 Å². The highest BCUT2D eigenvalue weighted by molar-refractivity contribution is 6.30. The van der Waals surface area contributed by atoms with Crippen LogP contribution in [0.1, 0.15) is 24.3 Å². The van der Waals surface area contributed by atoms with Gasteiger partial charge in [-0.05, 0) is 23.8 Å². The lowest BCUT2D eigenvalue weighted by atomic mass is 9.91. The van der Waals surface area contributed by atoms with E-state index in [2.05, 4.69) is 5.32 Å². The standard InChI is InChI=1S/C24H22ClFN4O5/c25-14-5-3-4-13(8-14)17(22(32)33)10-21(31)20-9-15(26)11-30(20)24(35)28-18-12-29(23(27)34)19-7-2-1-6-16(18)19/h1-8,12,15,17,20H,9-11H2,(H2,27,34)(H,28,35)(H,32,33)/t15-,17?,20+/m1/s1. The number of para-hydroxylation sites is 1. The molecule has 182 valence electrons. The average Bonchev–Trinajstić information content (AvgIpc) is 3.38. The molecule has 0 aliphatic carbocycles.